The zero-order chi connectivity index (χ0) is 34.4. The first-order chi connectivity index (χ1) is 22.7. The molecule has 11 nitrogen and oxygen atoms in total. The van der Waals surface area contributed by atoms with Crippen molar-refractivity contribution >= 4 is 29.1 Å². The molecule has 0 saturated heterocycles. The summed E-state index contributed by atoms with van der Waals surface area (Å²) in [6, 6.07) is 10.2. The summed E-state index contributed by atoms with van der Waals surface area (Å²) < 4.78 is 30.9. The Balaban J connectivity index is 1.27. The largest absolute Gasteiger partial charge is 0.493 e. The first-order valence-corrected chi connectivity index (χ1v) is 16.5. The Hall–Kier alpha value is -4.51. The lowest BCUT2D eigenvalue weighted by Gasteiger charge is -2.36. The van der Waals surface area contributed by atoms with Crippen LogP contribution in [0.2, 0.25) is 0 Å². The Morgan fingerprint density at radius 2 is 1.81 bits per heavy atom. The zero-order valence-electron chi connectivity index (χ0n) is 28.7. The van der Waals surface area contributed by atoms with Crippen molar-refractivity contribution in [3.8, 4) is 11.5 Å². The predicted octanol–water partition coefficient (Wildman–Crippen LogP) is 5.93. The maximum absolute atomic E-state index is 14.0. The molecule has 0 saturated carbocycles. The number of hydrogen-bond acceptors (Lipinski definition) is 9. The smallest absolute Gasteiger partial charge is 0.419 e. The summed E-state index contributed by atoms with van der Waals surface area (Å²) in [4.78, 5) is 40.1. The van der Waals surface area contributed by atoms with Gasteiger partial charge >= 0.3 is 18.2 Å². The second kappa shape index (κ2) is 12.5. The number of carbonyl (C=O) groups excluding carboxylic acids is 3. The number of para-hydroxylation sites is 1. The number of fused-ring (bicyclic) bond motifs is 1. The van der Waals surface area contributed by atoms with Gasteiger partial charge in [-0.3, -0.25) is 4.57 Å². The highest BCUT2D eigenvalue weighted by molar-refractivity contribution is 5.93. The van der Waals surface area contributed by atoms with Gasteiger partial charge in [0.25, 0.3) is 0 Å². The Bertz CT molecular complexity index is 1760. The molecule has 3 unspecified atom stereocenters. The number of hydrogen-bond donors (Lipinski definition) is 2. The van der Waals surface area contributed by atoms with Gasteiger partial charge in [-0.1, -0.05) is 30.3 Å². The summed E-state index contributed by atoms with van der Waals surface area (Å²) in [5, 5.41) is 6.99. The molecular formula is C37H45N3O8. The van der Waals surface area contributed by atoms with Crippen LogP contribution in [0.1, 0.15) is 71.1 Å². The minimum atomic E-state index is -1.11. The minimum Gasteiger partial charge on any atom is -0.493 e. The van der Waals surface area contributed by atoms with Crippen LogP contribution in [0, 0.1) is 0 Å². The molecule has 3 aliphatic rings. The maximum atomic E-state index is 14.0. The zero-order valence-corrected chi connectivity index (χ0v) is 28.7. The fourth-order valence-electron chi connectivity index (χ4n) is 6.91. The summed E-state index contributed by atoms with van der Waals surface area (Å²) in [5.74, 6) is 0.793. The molecule has 1 amide bonds. The standard InChI is InChI=1S/C37H45N3O8/c1-35(2,3)47-33(42)39-26(18-23-21-40(34(43)48-36(4,5)6)27-11-9-8-10-25(23)27)32(41)45-24-14-15-37-16-17-38-20-22-12-13-28(44-7)31(30(22)37)46-29(37)19-24/h8-15,21,24,26,29,38H,16-20H2,1-7H3,(H,39,42)/t24-,26?,29?,37?/m0/s1. The molecule has 4 atom stereocenters. The molecule has 1 aromatic heterocycles. The first-order valence-electron chi connectivity index (χ1n) is 16.5. The van der Waals surface area contributed by atoms with Crippen molar-refractivity contribution in [2.75, 3.05) is 13.7 Å². The topological polar surface area (TPSA) is 126 Å². The van der Waals surface area contributed by atoms with E-state index in [1.54, 1.807) is 54.8 Å². The molecule has 11 heteroatoms. The molecule has 0 fully saturated rings. The van der Waals surface area contributed by atoms with Crippen molar-refractivity contribution in [3.05, 3.63) is 71.4 Å². The molecule has 0 radical (unpaired) electrons. The summed E-state index contributed by atoms with van der Waals surface area (Å²) in [6.45, 7) is 12.2. The number of alkyl carbamates (subject to hydrolysis) is 1. The van der Waals surface area contributed by atoms with Crippen LogP contribution in [-0.2, 0) is 37.4 Å². The van der Waals surface area contributed by atoms with Gasteiger partial charge < -0.3 is 34.3 Å². The third-order valence-corrected chi connectivity index (χ3v) is 8.87. The predicted molar refractivity (Wildman–Crippen MR) is 179 cm³/mol. The van der Waals surface area contributed by atoms with Crippen LogP contribution in [0.3, 0.4) is 0 Å². The number of ether oxygens (including phenoxy) is 5. The van der Waals surface area contributed by atoms with Gasteiger partial charge in [-0.15, -0.1) is 0 Å². The Morgan fingerprint density at radius 3 is 2.54 bits per heavy atom. The van der Waals surface area contributed by atoms with Gasteiger partial charge in [-0.05, 0) is 83.8 Å². The van der Waals surface area contributed by atoms with Crippen LogP contribution in [0.5, 0.6) is 11.5 Å². The maximum Gasteiger partial charge on any atom is 0.419 e. The van der Waals surface area contributed by atoms with Gasteiger partial charge in [0.1, 0.15) is 29.5 Å². The molecule has 2 N–H and O–H groups in total. The normalized spacial score (nSPS) is 22.1. The van der Waals surface area contributed by atoms with E-state index in [0.717, 1.165) is 41.8 Å². The van der Waals surface area contributed by atoms with Gasteiger partial charge in [-0.2, -0.15) is 0 Å². The number of amides is 1. The summed E-state index contributed by atoms with van der Waals surface area (Å²) in [6.07, 6.45) is 4.83. The number of esters is 1. The van der Waals surface area contributed by atoms with E-state index >= 15 is 0 Å². The van der Waals surface area contributed by atoms with E-state index in [1.807, 2.05) is 36.4 Å². The van der Waals surface area contributed by atoms with Crippen LogP contribution in [-0.4, -0.2) is 65.8 Å². The van der Waals surface area contributed by atoms with E-state index < -0.39 is 41.5 Å². The lowest BCUT2D eigenvalue weighted by Crippen LogP contribution is -2.48. The number of benzene rings is 2. The van der Waals surface area contributed by atoms with E-state index in [0.29, 0.717) is 23.3 Å². The molecule has 3 aromatic rings. The average molecular weight is 660 g/mol. The quantitative estimate of drug-likeness (QED) is 0.188. The Morgan fingerprint density at radius 1 is 1.06 bits per heavy atom. The van der Waals surface area contributed by atoms with Gasteiger partial charge in [-0.25, -0.2) is 14.4 Å². The number of aromatic nitrogens is 1. The molecule has 48 heavy (non-hydrogen) atoms. The molecule has 256 valence electrons. The summed E-state index contributed by atoms with van der Waals surface area (Å²) in [5.41, 5.74) is 1.72. The second-order valence-electron chi connectivity index (χ2n) is 14.7. The molecule has 2 aromatic carbocycles. The lowest BCUT2D eigenvalue weighted by molar-refractivity contribution is -0.151. The fourth-order valence-corrected chi connectivity index (χ4v) is 6.91. The van der Waals surface area contributed by atoms with Crippen molar-refractivity contribution in [3.63, 3.8) is 0 Å². The van der Waals surface area contributed by atoms with E-state index in [4.69, 9.17) is 23.7 Å². The number of rotatable bonds is 6. The van der Waals surface area contributed by atoms with Crippen LogP contribution < -0.4 is 20.1 Å². The molecule has 2 aliphatic heterocycles. The Labute approximate surface area is 280 Å². The van der Waals surface area contributed by atoms with Crippen molar-refractivity contribution < 1.29 is 38.1 Å². The Kier molecular flexibility index (Phi) is 8.70. The average Bonchev–Trinajstić information content (AvgIpc) is 3.46. The van der Waals surface area contributed by atoms with Crippen molar-refractivity contribution in [1.29, 1.82) is 0 Å². The monoisotopic (exact) mass is 659 g/mol. The second-order valence-corrected chi connectivity index (χ2v) is 14.7. The highest BCUT2D eigenvalue weighted by Gasteiger charge is 2.53. The first kappa shape index (κ1) is 33.4. The highest BCUT2D eigenvalue weighted by Crippen LogP contribution is 2.55. The highest BCUT2D eigenvalue weighted by atomic mass is 16.6. The third kappa shape index (κ3) is 6.60. The SMILES string of the molecule is COc1ccc2c3c1OC1C[C@@H](OC(=O)C(Cc4cn(C(=O)OC(C)(C)C)c5ccccc45)NC(=O)OC(C)(C)C)C=CC31CCNC2. The number of nitrogens with one attached hydrogen (secondary N) is 2. The minimum absolute atomic E-state index is 0.0480. The molecular weight excluding hydrogens is 614 g/mol. The van der Waals surface area contributed by atoms with Gasteiger partial charge in [0, 0.05) is 36.5 Å². The van der Waals surface area contributed by atoms with Gasteiger partial charge in [0.05, 0.1) is 18.0 Å². The molecule has 1 spiro atoms. The van der Waals surface area contributed by atoms with E-state index in [-0.39, 0.29) is 17.9 Å². The molecule has 1 aliphatic carbocycles. The number of methoxy groups -OCH3 is 1. The molecule has 6 rings (SSSR count). The van der Waals surface area contributed by atoms with E-state index in [2.05, 4.69) is 22.8 Å². The van der Waals surface area contributed by atoms with Gasteiger partial charge in [0.2, 0.25) is 0 Å². The van der Waals surface area contributed by atoms with Crippen molar-refractivity contribution in [1.82, 2.24) is 15.2 Å². The number of carbonyl (C=O) groups is 3. The van der Waals surface area contributed by atoms with E-state index in [9.17, 15) is 14.4 Å². The van der Waals surface area contributed by atoms with E-state index in [1.165, 1.54) is 4.57 Å². The van der Waals surface area contributed by atoms with Crippen LogP contribution >= 0.6 is 0 Å². The lowest BCUT2D eigenvalue weighted by atomic mass is 9.69. The van der Waals surface area contributed by atoms with Crippen LogP contribution in [0.15, 0.2) is 54.7 Å². The summed E-state index contributed by atoms with van der Waals surface area (Å²) in [7, 11) is 1.63. The molecule has 3 heterocycles. The van der Waals surface area contributed by atoms with Crippen molar-refractivity contribution in [2.45, 2.75) is 102 Å². The van der Waals surface area contributed by atoms with Crippen LogP contribution in [0.25, 0.3) is 10.9 Å². The van der Waals surface area contributed by atoms with Gasteiger partial charge in [0.15, 0.2) is 11.5 Å². The number of nitrogens with zero attached hydrogens (tertiary/aromatic N) is 1. The van der Waals surface area contributed by atoms with Crippen molar-refractivity contribution in [2.24, 2.45) is 0 Å². The fraction of sp³-hybridized carbons (Fsp3) is 0.486. The van der Waals surface area contributed by atoms with Crippen LogP contribution in [0.4, 0.5) is 9.59 Å². The summed E-state index contributed by atoms with van der Waals surface area (Å²) >= 11 is 0. The third-order valence-electron chi connectivity index (χ3n) is 8.87. The molecule has 0 bridgehead atoms.